The molecule has 1 aromatic rings. The lowest BCUT2D eigenvalue weighted by atomic mass is 9.99. The summed E-state index contributed by atoms with van der Waals surface area (Å²) in [5.74, 6) is 0. The first kappa shape index (κ1) is 13.6. The first-order chi connectivity index (χ1) is 8.47. The zero-order chi connectivity index (χ0) is 13.3. The van der Waals surface area contributed by atoms with Crippen molar-refractivity contribution in [3.63, 3.8) is 0 Å². The molecule has 2 atom stereocenters. The predicted octanol–water partition coefficient (Wildman–Crippen LogP) is 2.08. The van der Waals surface area contributed by atoms with Crippen LogP contribution in [0.25, 0.3) is 0 Å². The Balaban J connectivity index is 1.95. The summed E-state index contributed by atoms with van der Waals surface area (Å²) in [7, 11) is 2.00. The number of aromatic nitrogens is 2. The molecule has 4 heteroatoms. The number of ether oxygens (including phenoxy) is 1. The van der Waals surface area contributed by atoms with E-state index in [0.717, 1.165) is 25.1 Å². The van der Waals surface area contributed by atoms with Crippen molar-refractivity contribution in [1.82, 2.24) is 15.1 Å². The van der Waals surface area contributed by atoms with Crippen LogP contribution in [0.4, 0.5) is 0 Å². The maximum atomic E-state index is 5.76. The molecule has 102 valence electrons. The molecule has 4 nitrogen and oxygen atoms in total. The van der Waals surface area contributed by atoms with Gasteiger partial charge in [-0.3, -0.25) is 4.68 Å². The van der Waals surface area contributed by atoms with E-state index < -0.39 is 0 Å². The van der Waals surface area contributed by atoms with Crippen molar-refractivity contribution in [2.24, 2.45) is 7.05 Å². The fraction of sp³-hybridized carbons (Fsp3) is 0.786. The van der Waals surface area contributed by atoms with Crippen LogP contribution in [-0.4, -0.2) is 28.0 Å². The molecule has 1 aromatic heterocycles. The van der Waals surface area contributed by atoms with Crippen LogP contribution in [-0.2, 0) is 18.3 Å². The fourth-order valence-corrected chi connectivity index (χ4v) is 2.89. The number of rotatable bonds is 3. The Hall–Kier alpha value is -0.870. The van der Waals surface area contributed by atoms with E-state index >= 15 is 0 Å². The maximum Gasteiger partial charge on any atom is 0.0641 e. The third-order valence-corrected chi connectivity index (χ3v) is 3.92. The van der Waals surface area contributed by atoms with Gasteiger partial charge in [-0.05, 0) is 40.5 Å². The summed E-state index contributed by atoms with van der Waals surface area (Å²) in [6.45, 7) is 9.44. The van der Waals surface area contributed by atoms with E-state index in [1.54, 1.807) is 0 Å². The Morgan fingerprint density at radius 1 is 1.28 bits per heavy atom. The van der Waals surface area contributed by atoms with Gasteiger partial charge in [0.05, 0.1) is 17.9 Å². The van der Waals surface area contributed by atoms with E-state index in [0.29, 0.717) is 18.2 Å². The van der Waals surface area contributed by atoms with Gasteiger partial charge in [0.2, 0.25) is 0 Å². The van der Waals surface area contributed by atoms with Crippen molar-refractivity contribution in [2.45, 2.75) is 65.3 Å². The molecule has 2 rings (SSSR count). The maximum absolute atomic E-state index is 5.76. The second-order valence-electron chi connectivity index (χ2n) is 5.58. The quantitative estimate of drug-likeness (QED) is 0.894. The molecule has 0 bridgehead atoms. The Kier molecular flexibility index (Phi) is 4.07. The summed E-state index contributed by atoms with van der Waals surface area (Å²) < 4.78 is 7.72. The predicted molar refractivity (Wildman–Crippen MR) is 72.6 cm³/mol. The van der Waals surface area contributed by atoms with E-state index in [2.05, 4.69) is 38.1 Å². The van der Waals surface area contributed by atoms with Crippen LogP contribution in [0.5, 0.6) is 0 Å². The summed E-state index contributed by atoms with van der Waals surface area (Å²) in [6.07, 6.45) is 2.93. The second kappa shape index (κ2) is 5.41. The molecular weight excluding hydrogens is 226 g/mol. The van der Waals surface area contributed by atoms with Crippen LogP contribution in [0.3, 0.4) is 0 Å². The van der Waals surface area contributed by atoms with E-state index in [1.807, 2.05) is 11.7 Å². The molecule has 1 saturated heterocycles. The largest absolute Gasteiger partial charge is 0.375 e. The Morgan fingerprint density at radius 2 is 1.89 bits per heavy atom. The lowest BCUT2D eigenvalue weighted by Gasteiger charge is -2.32. The number of aryl methyl sites for hydroxylation is 2. The third kappa shape index (κ3) is 2.93. The highest BCUT2D eigenvalue weighted by atomic mass is 16.5. The highest BCUT2D eigenvalue weighted by Gasteiger charge is 2.24. The van der Waals surface area contributed by atoms with Crippen LogP contribution in [0.15, 0.2) is 0 Å². The molecular formula is C14H25N3O. The number of hydrogen-bond donors (Lipinski definition) is 1. The van der Waals surface area contributed by atoms with Gasteiger partial charge >= 0.3 is 0 Å². The smallest absolute Gasteiger partial charge is 0.0641 e. The Labute approximate surface area is 110 Å². The lowest BCUT2D eigenvalue weighted by molar-refractivity contribution is -0.0423. The van der Waals surface area contributed by atoms with E-state index in [4.69, 9.17) is 4.74 Å². The van der Waals surface area contributed by atoms with Crippen molar-refractivity contribution in [2.75, 3.05) is 0 Å². The Bertz CT molecular complexity index is 403. The molecule has 1 N–H and O–H groups in total. The van der Waals surface area contributed by atoms with Gasteiger partial charge in [-0.2, -0.15) is 5.10 Å². The van der Waals surface area contributed by atoms with E-state index in [1.165, 1.54) is 11.3 Å². The summed E-state index contributed by atoms with van der Waals surface area (Å²) in [5.41, 5.74) is 3.73. The molecule has 0 amide bonds. The average Bonchev–Trinajstić information content (AvgIpc) is 2.50. The van der Waals surface area contributed by atoms with Crippen LogP contribution < -0.4 is 5.32 Å². The van der Waals surface area contributed by atoms with Crippen molar-refractivity contribution < 1.29 is 4.74 Å². The first-order valence-electron chi connectivity index (χ1n) is 6.85. The SMILES string of the molecule is Cc1nn(C)c(C)c1CNC1CC(C)OC(C)C1. The standard InChI is InChI=1S/C14H25N3O/c1-9-6-13(7-10(2)18-9)15-8-14-11(3)16-17(5)12(14)4/h9-10,13,15H,6-8H2,1-5H3. The number of nitrogens with one attached hydrogen (secondary N) is 1. The normalized spacial score (nSPS) is 28.6. The first-order valence-corrected chi connectivity index (χ1v) is 6.85. The molecule has 0 spiro atoms. The average molecular weight is 251 g/mol. The zero-order valence-corrected chi connectivity index (χ0v) is 12.2. The van der Waals surface area contributed by atoms with Crippen LogP contribution in [0.2, 0.25) is 0 Å². The monoisotopic (exact) mass is 251 g/mol. The van der Waals surface area contributed by atoms with E-state index in [9.17, 15) is 0 Å². The van der Waals surface area contributed by atoms with Gasteiger partial charge in [0.15, 0.2) is 0 Å². The molecule has 0 aromatic carbocycles. The molecule has 0 saturated carbocycles. The van der Waals surface area contributed by atoms with Gasteiger partial charge in [-0.25, -0.2) is 0 Å². The molecule has 0 aliphatic carbocycles. The highest BCUT2D eigenvalue weighted by Crippen LogP contribution is 2.20. The number of nitrogens with zero attached hydrogens (tertiary/aromatic N) is 2. The molecule has 2 heterocycles. The van der Waals surface area contributed by atoms with E-state index in [-0.39, 0.29) is 0 Å². The minimum Gasteiger partial charge on any atom is -0.375 e. The highest BCUT2D eigenvalue weighted by molar-refractivity contribution is 5.24. The molecule has 2 unspecified atom stereocenters. The minimum atomic E-state index is 0.363. The summed E-state index contributed by atoms with van der Waals surface area (Å²) >= 11 is 0. The van der Waals surface area contributed by atoms with Gasteiger partial charge in [-0.1, -0.05) is 0 Å². The third-order valence-electron chi connectivity index (χ3n) is 3.92. The van der Waals surface area contributed by atoms with Crippen molar-refractivity contribution in [3.05, 3.63) is 17.0 Å². The topological polar surface area (TPSA) is 39.1 Å². The van der Waals surface area contributed by atoms with Crippen molar-refractivity contribution in [1.29, 1.82) is 0 Å². The summed E-state index contributed by atoms with van der Waals surface area (Å²) in [5, 5.41) is 8.12. The van der Waals surface area contributed by atoms with Gasteiger partial charge < -0.3 is 10.1 Å². The van der Waals surface area contributed by atoms with Gasteiger partial charge in [0.1, 0.15) is 0 Å². The van der Waals surface area contributed by atoms with Gasteiger partial charge in [0, 0.05) is 30.9 Å². The minimum absolute atomic E-state index is 0.363. The van der Waals surface area contributed by atoms with Crippen LogP contribution in [0, 0.1) is 13.8 Å². The molecule has 1 aliphatic rings. The summed E-state index contributed by atoms with van der Waals surface area (Å²) in [4.78, 5) is 0. The fourth-order valence-electron chi connectivity index (χ4n) is 2.89. The van der Waals surface area contributed by atoms with Gasteiger partial charge in [-0.15, -0.1) is 0 Å². The van der Waals surface area contributed by atoms with Crippen LogP contribution in [0.1, 0.15) is 43.6 Å². The molecule has 1 aliphatic heterocycles. The second-order valence-corrected chi connectivity index (χ2v) is 5.58. The van der Waals surface area contributed by atoms with Crippen molar-refractivity contribution in [3.8, 4) is 0 Å². The lowest BCUT2D eigenvalue weighted by Crippen LogP contribution is -2.41. The van der Waals surface area contributed by atoms with Crippen molar-refractivity contribution >= 4 is 0 Å². The molecule has 18 heavy (non-hydrogen) atoms. The molecule has 1 fully saturated rings. The Morgan fingerprint density at radius 3 is 2.39 bits per heavy atom. The summed E-state index contributed by atoms with van der Waals surface area (Å²) in [6, 6.07) is 0.558. The zero-order valence-electron chi connectivity index (χ0n) is 12.2. The molecule has 0 radical (unpaired) electrons. The van der Waals surface area contributed by atoms with Crippen LogP contribution >= 0.6 is 0 Å². The van der Waals surface area contributed by atoms with Gasteiger partial charge in [0.25, 0.3) is 0 Å². The number of hydrogen-bond acceptors (Lipinski definition) is 3.